The monoisotopic (exact) mass is 480 g/mol. The lowest BCUT2D eigenvalue weighted by atomic mass is 9.51. The molecule has 10 atom stereocenters. The fraction of sp³-hybridized carbons (Fsp3) is 0.808. The lowest BCUT2D eigenvalue weighted by Gasteiger charge is -2.55. The average molecular weight is 481 g/mol. The fourth-order valence-corrected chi connectivity index (χ4v) is 6.01. The summed E-state index contributed by atoms with van der Waals surface area (Å²) < 4.78 is 23.4. The van der Waals surface area contributed by atoms with E-state index in [2.05, 4.69) is 20.4 Å². The lowest BCUT2D eigenvalue weighted by molar-refractivity contribution is -0.312. The molecule has 0 bridgehead atoms. The molecular formula is C26H40O8. The van der Waals surface area contributed by atoms with Gasteiger partial charge < -0.3 is 34.3 Å². The Morgan fingerprint density at radius 2 is 2.00 bits per heavy atom. The van der Waals surface area contributed by atoms with Crippen LogP contribution < -0.4 is 0 Å². The molecule has 0 spiro atoms. The Bertz CT molecular complexity index is 826. The minimum Gasteiger partial charge on any atom is -0.451 e. The summed E-state index contributed by atoms with van der Waals surface area (Å²) in [6.45, 7) is 11.9. The van der Waals surface area contributed by atoms with E-state index in [1.807, 2.05) is 0 Å². The van der Waals surface area contributed by atoms with Crippen molar-refractivity contribution in [3.05, 3.63) is 23.8 Å². The maximum absolute atomic E-state index is 12.4. The molecule has 2 saturated heterocycles. The van der Waals surface area contributed by atoms with Crippen molar-refractivity contribution in [1.29, 1.82) is 0 Å². The number of rotatable bonds is 6. The number of hydrogen-bond acceptors (Lipinski definition) is 8. The van der Waals surface area contributed by atoms with Crippen molar-refractivity contribution >= 4 is 5.97 Å². The van der Waals surface area contributed by atoms with Gasteiger partial charge in [0.1, 0.15) is 18.3 Å². The number of esters is 1. The Balaban J connectivity index is 1.45. The molecule has 4 rings (SSSR count). The summed E-state index contributed by atoms with van der Waals surface area (Å²) in [6.07, 6.45) is 0.719. The predicted molar refractivity (Wildman–Crippen MR) is 124 cm³/mol. The molecule has 8 heteroatoms. The summed E-state index contributed by atoms with van der Waals surface area (Å²) in [6, 6.07) is 0. The van der Waals surface area contributed by atoms with E-state index in [1.54, 1.807) is 19.9 Å². The van der Waals surface area contributed by atoms with Crippen LogP contribution in [0, 0.1) is 17.3 Å². The van der Waals surface area contributed by atoms with Gasteiger partial charge in [0.25, 0.3) is 0 Å². The largest absolute Gasteiger partial charge is 0.451 e. The summed E-state index contributed by atoms with van der Waals surface area (Å²) in [5, 5.41) is 30.6. The molecule has 2 aliphatic heterocycles. The molecule has 0 aromatic heterocycles. The number of aliphatic hydroxyl groups excluding tert-OH is 3. The number of epoxide rings is 1. The van der Waals surface area contributed by atoms with Crippen LogP contribution in [0.15, 0.2) is 23.8 Å². The van der Waals surface area contributed by atoms with Gasteiger partial charge in [-0.05, 0) is 70.1 Å². The maximum Gasteiger partial charge on any atom is 0.333 e. The summed E-state index contributed by atoms with van der Waals surface area (Å²) >= 11 is 0. The molecule has 192 valence electrons. The molecule has 0 amide bonds. The Labute approximate surface area is 201 Å². The Kier molecular flexibility index (Phi) is 7.31. The molecule has 2 aliphatic carbocycles. The second-order valence-corrected chi connectivity index (χ2v) is 11.1. The molecule has 0 aromatic rings. The van der Waals surface area contributed by atoms with Crippen molar-refractivity contribution in [1.82, 2.24) is 0 Å². The number of aliphatic hydroxyl groups is 3. The molecule has 10 unspecified atom stereocenters. The smallest absolute Gasteiger partial charge is 0.333 e. The second kappa shape index (κ2) is 9.64. The topological polar surface area (TPSA) is 118 Å². The van der Waals surface area contributed by atoms with Crippen molar-refractivity contribution in [2.75, 3.05) is 13.2 Å². The van der Waals surface area contributed by atoms with E-state index < -0.39 is 43.3 Å². The van der Waals surface area contributed by atoms with Crippen LogP contribution in [-0.4, -0.2) is 76.9 Å². The summed E-state index contributed by atoms with van der Waals surface area (Å²) in [4.78, 5) is 12.4. The quantitative estimate of drug-likeness (QED) is 0.229. The van der Waals surface area contributed by atoms with E-state index in [1.165, 1.54) is 5.57 Å². The molecule has 8 nitrogen and oxygen atoms in total. The zero-order valence-electron chi connectivity index (χ0n) is 20.7. The zero-order chi connectivity index (χ0) is 24.8. The van der Waals surface area contributed by atoms with Crippen LogP contribution in [0.1, 0.15) is 59.8 Å². The summed E-state index contributed by atoms with van der Waals surface area (Å²) in [5.41, 5.74) is 1.49. The third-order valence-electron chi connectivity index (χ3n) is 8.71. The van der Waals surface area contributed by atoms with Crippen LogP contribution in [-0.2, 0) is 23.7 Å². The Hall–Kier alpha value is -1.29. The van der Waals surface area contributed by atoms with Gasteiger partial charge in [0.2, 0.25) is 0 Å². The van der Waals surface area contributed by atoms with E-state index in [0.717, 1.165) is 32.1 Å². The van der Waals surface area contributed by atoms with Crippen LogP contribution >= 0.6 is 0 Å². The normalized spacial score (nSPS) is 46.8. The number of hydrogen-bond donors (Lipinski definition) is 3. The van der Waals surface area contributed by atoms with Crippen LogP contribution in [0.2, 0.25) is 0 Å². The van der Waals surface area contributed by atoms with Crippen molar-refractivity contribution in [3.63, 3.8) is 0 Å². The molecule has 4 aliphatic rings. The zero-order valence-corrected chi connectivity index (χ0v) is 20.7. The van der Waals surface area contributed by atoms with Gasteiger partial charge in [0, 0.05) is 5.57 Å². The number of fused-ring (bicyclic) bond motifs is 2. The van der Waals surface area contributed by atoms with Gasteiger partial charge in [-0.3, -0.25) is 0 Å². The third kappa shape index (κ3) is 4.73. The molecule has 0 aromatic carbocycles. The molecule has 0 radical (unpaired) electrons. The van der Waals surface area contributed by atoms with Crippen molar-refractivity contribution in [3.8, 4) is 0 Å². The fourth-order valence-electron chi connectivity index (χ4n) is 6.01. The average Bonchev–Trinajstić information content (AvgIpc) is 3.46. The molecule has 3 N–H and O–H groups in total. The number of carbonyl (C=O) groups is 1. The molecule has 2 saturated carbocycles. The first kappa shape index (κ1) is 25.8. The minimum atomic E-state index is -1.44. The van der Waals surface area contributed by atoms with Gasteiger partial charge in [-0.15, -0.1) is 0 Å². The second-order valence-electron chi connectivity index (χ2n) is 11.1. The SMILES string of the molecule is C=C1CCC2OC2(C)CCC2C1CC2(C)COC1OC(CO)C(O)C(O)C1OC(=O)C(C)=CC. The highest BCUT2D eigenvalue weighted by atomic mass is 16.7. The first-order chi connectivity index (χ1) is 16.0. The van der Waals surface area contributed by atoms with E-state index in [-0.39, 0.29) is 11.0 Å². The van der Waals surface area contributed by atoms with Crippen molar-refractivity contribution < 1.29 is 39.1 Å². The summed E-state index contributed by atoms with van der Waals surface area (Å²) in [7, 11) is 0. The van der Waals surface area contributed by atoms with E-state index in [4.69, 9.17) is 18.9 Å². The van der Waals surface area contributed by atoms with E-state index in [0.29, 0.717) is 30.1 Å². The van der Waals surface area contributed by atoms with Crippen LogP contribution in [0.25, 0.3) is 0 Å². The van der Waals surface area contributed by atoms with Gasteiger partial charge in [-0.1, -0.05) is 25.2 Å². The molecule has 4 fully saturated rings. The first-order valence-electron chi connectivity index (χ1n) is 12.5. The van der Waals surface area contributed by atoms with Gasteiger partial charge in [-0.2, -0.15) is 0 Å². The molecule has 2 heterocycles. The van der Waals surface area contributed by atoms with Gasteiger partial charge in [-0.25, -0.2) is 4.79 Å². The van der Waals surface area contributed by atoms with Crippen molar-refractivity contribution in [2.24, 2.45) is 17.3 Å². The predicted octanol–water partition coefficient (Wildman–Crippen LogP) is 2.25. The van der Waals surface area contributed by atoms with Crippen LogP contribution in [0.4, 0.5) is 0 Å². The standard InChI is InChI=1S/C26H40O8/c1-6-14(2)23(30)33-22-21(29)20(28)18(12-27)32-24(22)31-13-25(4)11-16-15(3)7-8-19-26(5,34-19)10-9-17(16)25/h6,16-22,24,27-29H,3,7-13H2,1-2,4-5H3. The lowest BCUT2D eigenvalue weighted by Crippen LogP contribution is -2.61. The van der Waals surface area contributed by atoms with Gasteiger partial charge in [0.15, 0.2) is 12.4 Å². The molecular weight excluding hydrogens is 440 g/mol. The van der Waals surface area contributed by atoms with Crippen LogP contribution in [0.5, 0.6) is 0 Å². The highest BCUT2D eigenvalue weighted by Gasteiger charge is 2.58. The maximum atomic E-state index is 12.4. The minimum absolute atomic E-state index is 0.0302. The Morgan fingerprint density at radius 1 is 1.26 bits per heavy atom. The van der Waals surface area contributed by atoms with E-state index >= 15 is 0 Å². The first-order valence-corrected chi connectivity index (χ1v) is 12.5. The highest BCUT2D eigenvalue weighted by molar-refractivity contribution is 5.87. The number of allylic oxidation sites excluding steroid dienone is 2. The molecule has 34 heavy (non-hydrogen) atoms. The number of carbonyl (C=O) groups excluding carboxylic acids is 1. The third-order valence-corrected chi connectivity index (χ3v) is 8.71. The van der Waals surface area contributed by atoms with E-state index in [9.17, 15) is 20.1 Å². The Morgan fingerprint density at radius 3 is 2.68 bits per heavy atom. The van der Waals surface area contributed by atoms with Gasteiger partial charge >= 0.3 is 5.97 Å². The van der Waals surface area contributed by atoms with Gasteiger partial charge in [0.05, 0.1) is 24.9 Å². The summed E-state index contributed by atoms with van der Waals surface area (Å²) in [5.74, 6) is 0.220. The van der Waals surface area contributed by atoms with Crippen LogP contribution in [0.3, 0.4) is 0 Å². The number of ether oxygens (including phenoxy) is 4. The van der Waals surface area contributed by atoms with Crippen molar-refractivity contribution in [2.45, 2.75) is 102 Å². The highest BCUT2D eigenvalue weighted by Crippen LogP contribution is 2.59.